The van der Waals surface area contributed by atoms with Crippen LogP contribution < -0.4 is 5.73 Å². The van der Waals surface area contributed by atoms with Crippen molar-refractivity contribution < 1.29 is 8.78 Å². The van der Waals surface area contributed by atoms with Gasteiger partial charge in [0.2, 0.25) is 0 Å². The summed E-state index contributed by atoms with van der Waals surface area (Å²) < 4.78 is 26.4. The molecule has 0 amide bonds. The Morgan fingerprint density at radius 1 is 1.12 bits per heavy atom. The van der Waals surface area contributed by atoms with E-state index in [1.165, 1.54) is 18.5 Å². The second-order valence-electron chi connectivity index (χ2n) is 2.91. The Bertz CT molecular complexity index is 505. The third kappa shape index (κ3) is 2.11. The first kappa shape index (κ1) is 10.8. The number of hydrogen-bond donors (Lipinski definition) is 1. The van der Waals surface area contributed by atoms with Crippen LogP contribution in [0.2, 0.25) is 0 Å². The van der Waals surface area contributed by atoms with E-state index in [4.69, 9.17) is 5.73 Å². The van der Waals surface area contributed by atoms with Crippen molar-refractivity contribution >= 4 is 17.4 Å². The van der Waals surface area contributed by atoms with Gasteiger partial charge in [-0.3, -0.25) is 0 Å². The standard InChI is InChI=1S/C10H7F2N3S/c11-6-2-3-7(13)9(8(6)12)16-10-14-4-1-5-15-10/h1-5H,13H2. The molecule has 0 radical (unpaired) electrons. The number of rotatable bonds is 2. The lowest BCUT2D eigenvalue weighted by atomic mass is 10.3. The summed E-state index contributed by atoms with van der Waals surface area (Å²) in [5.41, 5.74) is 5.72. The first-order valence-electron chi connectivity index (χ1n) is 4.37. The predicted molar refractivity (Wildman–Crippen MR) is 56.9 cm³/mol. The van der Waals surface area contributed by atoms with Crippen molar-refractivity contribution in [3.05, 3.63) is 42.2 Å². The molecule has 82 valence electrons. The van der Waals surface area contributed by atoms with Crippen molar-refractivity contribution in [3.8, 4) is 0 Å². The van der Waals surface area contributed by atoms with Gasteiger partial charge in [0.15, 0.2) is 16.8 Å². The first-order chi connectivity index (χ1) is 7.68. The maximum Gasteiger partial charge on any atom is 0.192 e. The molecule has 2 N–H and O–H groups in total. The molecule has 0 bridgehead atoms. The lowest BCUT2D eigenvalue weighted by Gasteiger charge is -2.05. The van der Waals surface area contributed by atoms with Crippen LogP contribution in [0.5, 0.6) is 0 Å². The van der Waals surface area contributed by atoms with E-state index in [0.717, 1.165) is 17.8 Å². The number of aromatic nitrogens is 2. The molecule has 0 saturated carbocycles. The molecule has 0 fully saturated rings. The van der Waals surface area contributed by atoms with E-state index in [1.54, 1.807) is 6.07 Å². The van der Waals surface area contributed by atoms with Gasteiger partial charge in [-0.1, -0.05) is 0 Å². The summed E-state index contributed by atoms with van der Waals surface area (Å²) in [6.07, 6.45) is 3.03. The molecule has 0 spiro atoms. The van der Waals surface area contributed by atoms with Crippen molar-refractivity contribution in [3.63, 3.8) is 0 Å². The van der Waals surface area contributed by atoms with E-state index in [0.29, 0.717) is 5.16 Å². The van der Waals surface area contributed by atoms with Crippen LogP contribution >= 0.6 is 11.8 Å². The number of hydrogen-bond acceptors (Lipinski definition) is 4. The van der Waals surface area contributed by atoms with Gasteiger partial charge in [-0.05, 0) is 30.0 Å². The Morgan fingerprint density at radius 3 is 2.50 bits per heavy atom. The zero-order valence-corrected chi connectivity index (χ0v) is 8.84. The highest BCUT2D eigenvalue weighted by Crippen LogP contribution is 2.32. The molecule has 2 aromatic rings. The van der Waals surface area contributed by atoms with Crippen LogP contribution in [0.15, 0.2) is 40.6 Å². The lowest BCUT2D eigenvalue weighted by molar-refractivity contribution is 0.492. The van der Waals surface area contributed by atoms with Crippen molar-refractivity contribution in [1.82, 2.24) is 9.97 Å². The predicted octanol–water partition coefficient (Wildman–Crippen LogP) is 2.49. The van der Waals surface area contributed by atoms with Crippen LogP contribution in [0.25, 0.3) is 0 Å². The topological polar surface area (TPSA) is 51.8 Å². The average Bonchev–Trinajstić information content (AvgIpc) is 2.31. The van der Waals surface area contributed by atoms with Gasteiger partial charge in [0.25, 0.3) is 0 Å². The Kier molecular flexibility index (Phi) is 3.00. The van der Waals surface area contributed by atoms with Crippen LogP contribution in [0, 0.1) is 11.6 Å². The summed E-state index contributed by atoms with van der Waals surface area (Å²) in [5.74, 6) is -1.91. The molecule has 0 unspecified atom stereocenters. The van der Waals surface area contributed by atoms with Crippen LogP contribution in [0.1, 0.15) is 0 Å². The quantitative estimate of drug-likeness (QED) is 0.646. The summed E-state index contributed by atoms with van der Waals surface area (Å²) >= 11 is 0.893. The summed E-state index contributed by atoms with van der Waals surface area (Å²) in [6.45, 7) is 0. The number of nitrogen functional groups attached to an aromatic ring is 1. The number of halogens is 2. The van der Waals surface area contributed by atoms with Gasteiger partial charge < -0.3 is 5.73 Å². The van der Waals surface area contributed by atoms with Gasteiger partial charge in [-0.25, -0.2) is 18.7 Å². The molecule has 6 heteroatoms. The van der Waals surface area contributed by atoms with E-state index in [1.807, 2.05) is 0 Å². The molecule has 1 aromatic carbocycles. The molecule has 0 aliphatic rings. The summed E-state index contributed by atoms with van der Waals surface area (Å²) in [6, 6.07) is 3.93. The number of nitrogens with two attached hydrogens (primary N) is 1. The molecule has 0 aliphatic carbocycles. The SMILES string of the molecule is Nc1ccc(F)c(F)c1Sc1ncccn1. The first-order valence-corrected chi connectivity index (χ1v) is 5.18. The highest BCUT2D eigenvalue weighted by Gasteiger charge is 2.14. The minimum atomic E-state index is -0.975. The molecule has 2 rings (SSSR count). The Morgan fingerprint density at radius 2 is 1.81 bits per heavy atom. The monoisotopic (exact) mass is 239 g/mol. The highest BCUT2D eigenvalue weighted by atomic mass is 32.2. The Balaban J connectivity index is 2.38. The molecule has 1 heterocycles. The average molecular weight is 239 g/mol. The van der Waals surface area contributed by atoms with Gasteiger partial charge in [-0.15, -0.1) is 0 Å². The largest absolute Gasteiger partial charge is 0.398 e. The zero-order valence-electron chi connectivity index (χ0n) is 8.02. The van der Waals surface area contributed by atoms with E-state index in [2.05, 4.69) is 9.97 Å². The molecular formula is C10H7F2N3S. The van der Waals surface area contributed by atoms with Crippen molar-refractivity contribution in [2.24, 2.45) is 0 Å². The lowest BCUT2D eigenvalue weighted by Crippen LogP contribution is -1.96. The molecule has 0 saturated heterocycles. The molecule has 1 aromatic heterocycles. The fraction of sp³-hybridized carbons (Fsp3) is 0. The second kappa shape index (κ2) is 4.44. The molecule has 0 atom stereocenters. The third-order valence-electron chi connectivity index (χ3n) is 1.82. The van der Waals surface area contributed by atoms with Gasteiger partial charge in [0, 0.05) is 18.1 Å². The van der Waals surface area contributed by atoms with Crippen molar-refractivity contribution in [2.45, 2.75) is 10.1 Å². The van der Waals surface area contributed by atoms with Gasteiger partial charge in [0.05, 0.1) is 4.90 Å². The van der Waals surface area contributed by atoms with Crippen LogP contribution in [0.3, 0.4) is 0 Å². The van der Waals surface area contributed by atoms with Gasteiger partial charge in [-0.2, -0.15) is 0 Å². The number of benzene rings is 1. The van der Waals surface area contributed by atoms with Gasteiger partial charge in [0.1, 0.15) is 0 Å². The minimum Gasteiger partial charge on any atom is -0.398 e. The van der Waals surface area contributed by atoms with Crippen LogP contribution in [-0.4, -0.2) is 9.97 Å². The summed E-state index contributed by atoms with van der Waals surface area (Å²) in [5, 5.41) is 0.318. The van der Waals surface area contributed by atoms with E-state index >= 15 is 0 Å². The fourth-order valence-corrected chi connectivity index (χ4v) is 1.86. The normalized spacial score (nSPS) is 10.4. The van der Waals surface area contributed by atoms with E-state index < -0.39 is 11.6 Å². The maximum atomic E-state index is 13.4. The minimum absolute atomic E-state index is 0.00574. The second-order valence-corrected chi connectivity index (χ2v) is 3.89. The van der Waals surface area contributed by atoms with Crippen LogP contribution in [0.4, 0.5) is 14.5 Å². The smallest absolute Gasteiger partial charge is 0.192 e. The van der Waals surface area contributed by atoms with E-state index in [9.17, 15) is 8.78 Å². The van der Waals surface area contributed by atoms with Crippen molar-refractivity contribution in [2.75, 3.05) is 5.73 Å². The number of nitrogens with zero attached hydrogens (tertiary/aromatic N) is 2. The van der Waals surface area contributed by atoms with Crippen LogP contribution in [-0.2, 0) is 0 Å². The molecule has 0 aliphatic heterocycles. The van der Waals surface area contributed by atoms with Crippen molar-refractivity contribution in [1.29, 1.82) is 0 Å². The maximum absolute atomic E-state index is 13.4. The Hall–Kier alpha value is -1.69. The summed E-state index contributed by atoms with van der Waals surface area (Å²) in [7, 11) is 0. The Labute approximate surface area is 94.7 Å². The van der Waals surface area contributed by atoms with E-state index in [-0.39, 0.29) is 10.6 Å². The highest BCUT2D eigenvalue weighted by molar-refractivity contribution is 7.99. The molecule has 16 heavy (non-hydrogen) atoms. The van der Waals surface area contributed by atoms with Gasteiger partial charge >= 0.3 is 0 Å². The number of anilines is 1. The molecular weight excluding hydrogens is 232 g/mol. The summed E-state index contributed by atoms with van der Waals surface area (Å²) in [4.78, 5) is 7.79. The zero-order chi connectivity index (χ0) is 11.5. The molecule has 3 nitrogen and oxygen atoms in total. The fourth-order valence-electron chi connectivity index (χ4n) is 1.08. The third-order valence-corrected chi connectivity index (χ3v) is 2.83.